The molecule has 1 aliphatic rings. The number of carbonyl (C=O) groups is 1. The third kappa shape index (κ3) is 5.10. The van der Waals surface area contributed by atoms with Crippen molar-refractivity contribution in [2.24, 2.45) is 5.92 Å². The molecule has 1 aromatic heterocycles. The number of hydrogen-bond donors (Lipinski definition) is 1. The summed E-state index contributed by atoms with van der Waals surface area (Å²) in [6.07, 6.45) is -3.18. The Morgan fingerprint density at radius 1 is 1.34 bits per heavy atom. The van der Waals surface area contributed by atoms with Gasteiger partial charge in [-0.25, -0.2) is 4.98 Å². The van der Waals surface area contributed by atoms with Crippen molar-refractivity contribution in [1.29, 1.82) is 5.26 Å². The van der Waals surface area contributed by atoms with E-state index in [0.29, 0.717) is 18.7 Å². The molecule has 3 rings (SSSR count). The fraction of sp³-hybridized carbons (Fsp3) is 0.381. The highest BCUT2D eigenvalue weighted by Crippen LogP contribution is 2.41. The van der Waals surface area contributed by atoms with Crippen LogP contribution < -0.4 is 5.32 Å². The number of alkyl halides is 3. The lowest BCUT2D eigenvalue weighted by Crippen LogP contribution is -2.25. The molecule has 1 heterocycles. The van der Waals surface area contributed by atoms with Crippen molar-refractivity contribution < 1.29 is 18.0 Å². The van der Waals surface area contributed by atoms with Gasteiger partial charge in [-0.2, -0.15) is 18.4 Å². The predicted molar refractivity (Wildman–Crippen MR) is 104 cm³/mol. The second kappa shape index (κ2) is 8.87. The van der Waals surface area contributed by atoms with E-state index in [0.717, 1.165) is 23.7 Å². The van der Waals surface area contributed by atoms with Crippen molar-refractivity contribution in [3.8, 4) is 6.07 Å². The second-order valence-electron chi connectivity index (χ2n) is 7.10. The van der Waals surface area contributed by atoms with E-state index in [-0.39, 0.29) is 34.6 Å². The summed E-state index contributed by atoms with van der Waals surface area (Å²) in [5.74, 6) is -0.329. The van der Waals surface area contributed by atoms with E-state index in [1.54, 1.807) is 6.07 Å². The monoisotopic (exact) mass is 419 g/mol. The minimum absolute atomic E-state index is 0.0250. The quantitative estimate of drug-likeness (QED) is 0.725. The van der Waals surface area contributed by atoms with Gasteiger partial charge in [0.25, 0.3) is 0 Å². The summed E-state index contributed by atoms with van der Waals surface area (Å²) < 4.78 is 41.3. The zero-order valence-corrected chi connectivity index (χ0v) is 16.7. The van der Waals surface area contributed by atoms with Crippen molar-refractivity contribution in [3.63, 3.8) is 0 Å². The number of hydrogen-bond acceptors (Lipinski definition) is 4. The first-order valence-corrected chi connectivity index (χ1v) is 10.2. The number of halogens is 3. The number of aromatic nitrogens is 1. The summed E-state index contributed by atoms with van der Waals surface area (Å²) in [6, 6.07) is 11.0. The maximum atomic E-state index is 13.8. The topological polar surface area (TPSA) is 65.8 Å². The number of nitriles is 1. The van der Waals surface area contributed by atoms with Gasteiger partial charge in [-0.3, -0.25) is 4.79 Å². The molecule has 1 aliphatic carbocycles. The van der Waals surface area contributed by atoms with Crippen LogP contribution in [0.2, 0.25) is 0 Å². The molecule has 2 aromatic rings. The molecule has 1 amide bonds. The second-order valence-corrected chi connectivity index (χ2v) is 8.06. The maximum Gasteiger partial charge on any atom is 0.418 e. The van der Waals surface area contributed by atoms with Crippen LogP contribution in [0.15, 0.2) is 35.4 Å². The van der Waals surface area contributed by atoms with E-state index >= 15 is 0 Å². The SMILES string of the molecule is CC1CCc2nc(SCC(=O)NCc3ccccc3)c(C#N)c(C(F)(F)F)c2C1. The van der Waals surface area contributed by atoms with Gasteiger partial charge >= 0.3 is 6.18 Å². The van der Waals surface area contributed by atoms with E-state index in [1.807, 2.05) is 37.3 Å². The molecule has 0 saturated carbocycles. The summed E-state index contributed by atoms with van der Waals surface area (Å²) in [5, 5.41) is 12.1. The van der Waals surface area contributed by atoms with Gasteiger partial charge in [0, 0.05) is 12.2 Å². The lowest BCUT2D eigenvalue weighted by atomic mass is 9.84. The smallest absolute Gasteiger partial charge is 0.351 e. The molecule has 0 bridgehead atoms. The third-order valence-corrected chi connectivity index (χ3v) is 5.82. The molecular formula is C21H20F3N3OS. The van der Waals surface area contributed by atoms with E-state index in [4.69, 9.17) is 0 Å². The largest absolute Gasteiger partial charge is 0.418 e. The fourth-order valence-electron chi connectivity index (χ4n) is 3.41. The van der Waals surface area contributed by atoms with Gasteiger partial charge < -0.3 is 5.32 Å². The molecule has 0 radical (unpaired) electrons. The molecule has 0 saturated heterocycles. The summed E-state index contributed by atoms with van der Waals surface area (Å²) in [4.78, 5) is 16.5. The van der Waals surface area contributed by atoms with Crippen LogP contribution in [0, 0.1) is 17.2 Å². The summed E-state index contributed by atoms with van der Waals surface area (Å²) in [5.41, 5.74) is 0.0752. The van der Waals surface area contributed by atoms with Crippen molar-refractivity contribution in [2.45, 2.75) is 43.9 Å². The highest BCUT2D eigenvalue weighted by molar-refractivity contribution is 8.00. The average Bonchev–Trinajstić information content (AvgIpc) is 2.69. The van der Waals surface area contributed by atoms with Crippen LogP contribution in [0.3, 0.4) is 0 Å². The standard InChI is InChI=1S/C21H20F3N3OS/c1-13-7-8-17-15(9-13)19(21(22,23)24)16(10-25)20(27-17)29-12-18(28)26-11-14-5-3-2-4-6-14/h2-6,13H,7-9,11-12H2,1H3,(H,26,28). The van der Waals surface area contributed by atoms with E-state index in [1.165, 1.54) is 0 Å². The van der Waals surface area contributed by atoms with Crippen molar-refractivity contribution >= 4 is 17.7 Å². The zero-order valence-electron chi connectivity index (χ0n) is 15.8. The number of pyridine rings is 1. The molecule has 29 heavy (non-hydrogen) atoms. The molecule has 0 spiro atoms. The highest BCUT2D eigenvalue weighted by Gasteiger charge is 2.40. The number of rotatable bonds is 5. The Kier molecular flexibility index (Phi) is 6.48. The predicted octanol–water partition coefficient (Wildman–Crippen LogP) is 4.51. The van der Waals surface area contributed by atoms with Crippen LogP contribution in [-0.2, 0) is 30.4 Å². The van der Waals surface area contributed by atoms with Crippen LogP contribution in [0.1, 0.15) is 41.3 Å². The van der Waals surface area contributed by atoms with Gasteiger partial charge in [-0.05, 0) is 36.3 Å². The number of benzene rings is 1. The molecule has 1 atom stereocenters. The van der Waals surface area contributed by atoms with Crippen LogP contribution in [0.5, 0.6) is 0 Å². The summed E-state index contributed by atoms with van der Waals surface area (Å²) in [6.45, 7) is 2.23. The van der Waals surface area contributed by atoms with E-state index in [9.17, 15) is 23.2 Å². The Morgan fingerprint density at radius 2 is 2.07 bits per heavy atom. The fourth-order valence-corrected chi connectivity index (χ4v) is 4.25. The maximum absolute atomic E-state index is 13.8. The van der Waals surface area contributed by atoms with Crippen LogP contribution in [-0.4, -0.2) is 16.6 Å². The molecular weight excluding hydrogens is 399 g/mol. The van der Waals surface area contributed by atoms with Gasteiger partial charge in [0.1, 0.15) is 11.1 Å². The average molecular weight is 419 g/mol. The molecule has 152 valence electrons. The number of aryl methyl sites for hydroxylation is 1. The number of fused-ring (bicyclic) bond motifs is 1. The molecule has 1 N–H and O–H groups in total. The normalized spacial score (nSPS) is 16.0. The van der Waals surface area contributed by atoms with Gasteiger partial charge in [-0.15, -0.1) is 0 Å². The van der Waals surface area contributed by atoms with Crippen molar-refractivity contribution in [1.82, 2.24) is 10.3 Å². The third-order valence-electron chi connectivity index (χ3n) is 4.84. The van der Waals surface area contributed by atoms with E-state index in [2.05, 4.69) is 10.3 Å². The van der Waals surface area contributed by atoms with Crippen LogP contribution in [0.25, 0.3) is 0 Å². The van der Waals surface area contributed by atoms with Gasteiger partial charge in [-0.1, -0.05) is 49.0 Å². The number of amides is 1. The zero-order chi connectivity index (χ0) is 21.0. The first kappa shape index (κ1) is 21.2. The first-order chi connectivity index (χ1) is 13.8. The first-order valence-electron chi connectivity index (χ1n) is 9.26. The lowest BCUT2D eigenvalue weighted by Gasteiger charge is -2.26. The van der Waals surface area contributed by atoms with Crippen LogP contribution in [0.4, 0.5) is 13.2 Å². The number of carbonyl (C=O) groups excluding carboxylic acids is 1. The molecule has 1 aromatic carbocycles. The minimum Gasteiger partial charge on any atom is -0.351 e. The Hall–Kier alpha value is -2.53. The molecule has 8 heteroatoms. The van der Waals surface area contributed by atoms with Gasteiger partial charge in [0.15, 0.2) is 0 Å². The molecule has 0 aliphatic heterocycles. The molecule has 1 unspecified atom stereocenters. The summed E-state index contributed by atoms with van der Waals surface area (Å²) in [7, 11) is 0. The van der Waals surface area contributed by atoms with Crippen molar-refractivity contribution in [3.05, 3.63) is 58.3 Å². The Bertz CT molecular complexity index is 939. The van der Waals surface area contributed by atoms with Crippen molar-refractivity contribution in [2.75, 3.05) is 5.75 Å². The van der Waals surface area contributed by atoms with Gasteiger partial charge in [0.2, 0.25) is 5.91 Å². The molecule has 4 nitrogen and oxygen atoms in total. The Morgan fingerprint density at radius 3 is 2.72 bits per heavy atom. The highest BCUT2D eigenvalue weighted by atomic mass is 32.2. The number of nitrogens with one attached hydrogen (secondary N) is 1. The lowest BCUT2D eigenvalue weighted by molar-refractivity contribution is -0.138. The Balaban J connectivity index is 1.80. The molecule has 0 fully saturated rings. The minimum atomic E-state index is -4.64. The number of nitrogens with zero attached hydrogens (tertiary/aromatic N) is 2. The van der Waals surface area contributed by atoms with E-state index < -0.39 is 17.3 Å². The van der Waals surface area contributed by atoms with Gasteiger partial charge in [0.05, 0.1) is 16.9 Å². The summed E-state index contributed by atoms with van der Waals surface area (Å²) >= 11 is 0.873. The Labute approximate surface area is 171 Å². The number of thioether (sulfide) groups is 1. The van der Waals surface area contributed by atoms with Crippen LogP contribution >= 0.6 is 11.8 Å².